The minimum absolute atomic E-state index is 0.153. The first kappa shape index (κ1) is 18.2. The Hall–Kier alpha value is -3.16. The van der Waals surface area contributed by atoms with E-state index in [2.05, 4.69) is 10.1 Å². The Morgan fingerprint density at radius 2 is 2.11 bits per heavy atom. The summed E-state index contributed by atoms with van der Waals surface area (Å²) in [5.41, 5.74) is 1.19. The molecule has 0 atom stereocenters. The second-order valence-corrected chi connectivity index (χ2v) is 6.82. The fourth-order valence-corrected chi connectivity index (χ4v) is 3.61. The molecule has 1 aliphatic heterocycles. The van der Waals surface area contributed by atoms with Gasteiger partial charge in [0.05, 0.1) is 13.7 Å². The smallest absolute Gasteiger partial charge is 0.331 e. The number of hydrogen-bond donors (Lipinski definition) is 0. The molecule has 3 heterocycles. The highest BCUT2D eigenvalue weighted by Gasteiger charge is 2.25. The Kier molecular flexibility index (Phi) is 4.85. The van der Waals surface area contributed by atoms with Crippen molar-refractivity contribution in [1.82, 2.24) is 19.3 Å². The summed E-state index contributed by atoms with van der Waals surface area (Å²) in [6, 6.07) is 7.34. The third kappa shape index (κ3) is 3.15. The molecule has 0 N–H and O–H groups in total. The summed E-state index contributed by atoms with van der Waals surface area (Å²) < 4.78 is 13.4. The Morgan fingerprint density at radius 3 is 2.86 bits per heavy atom. The van der Waals surface area contributed by atoms with Crippen molar-refractivity contribution in [2.45, 2.75) is 45.7 Å². The molecule has 8 nitrogen and oxygen atoms in total. The first-order valence-corrected chi connectivity index (χ1v) is 9.44. The van der Waals surface area contributed by atoms with Crippen molar-refractivity contribution in [3.05, 3.63) is 62.3 Å². The molecule has 0 saturated heterocycles. The molecule has 1 aliphatic rings. The Morgan fingerprint density at radius 1 is 1.25 bits per heavy atom. The van der Waals surface area contributed by atoms with E-state index in [1.165, 1.54) is 4.57 Å². The van der Waals surface area contributed by atoms with Crippen LogP contribution in [0.3, 0.4) is 0 Å². The van der Waals surface area contributed by atoms with Gasteiger partial charge in [-0.15, -0.1) is 0 Å². The van der Waals surface area contributed by atoms with Crippen LogP contribution in [-0.4, -0.2) is 26.4 Å². The molecule has 0 radical (unpaired) electrons. The number of aromatic nitrogens is 4. The molecule has 0 bridgehead atoms. The minimum atomic E-state index is -0.385. The SMILES string of the molecule is CCc1nc(-c2c3n(c(=O)n(Cc4cccc(OC)c4)c2=O)CCCC3)no1. The van der Waals surface area contributed by atoms with Crippen molar-refractivity contribution in [2.24, 2.45) is 0 Å². The van der Waals surface area contributed by atoms with Gasteiger partial charge >= 0.3 is 5.69 Å². The van der Waals surface area contributed by atoms with Crippen LogP contribution >= 0.6 is 0 Å². The Balaban J connectivity index is 1.90. The predicted molar refractivity (Wildman–Crippen MR) is 103 cm³/mol. The molecule has 1 aromatic carbocycles. The van der Waals surface area contributed by atoms with E-state index in [1.54, 1.807) is 11.7 Å². The normalized spacial score (nSPS) is 13.4. The van der Waals surface area contributed by atoms with Crippen LogP contribution in [-0.2, 0) is 25.9 Å². The number of hydrogen-bond acceptors (Lipinski definition) is 6. The number of benzene rings is 1. The summed E-state index contributed by atoms with van der Waals surface area (Å²) in [6.07, 6.45) is 3.05. The molecular formula is C20H22N4O4. The van der Waals surface area contributed by atoms with Crippen LogP contribution < -0.4 is 16.0 Å². The lowest BCUT2D eigenvalue weighted by Gasteiger charge is -2.22. The third-order valence-electron chi connectivity index (χ3n) is 5.05. The van der Waals surface area contributed by atoms with Crippen LogP contribution in [0.4, 0.5) is 0 Å². The van der Waals surface area contributed by atoms with Crippen molar-refractivity contribution in [3.63, 3.8) is 0 Å². The molecule has 8 heteroatoms. The fraction of sp³-hybridized carbons (Fsp3) is 0.400. The van der Waals surface area contributed by atoms with Crippen LogP contribution in [0.25, 0.3) is 11.4 Å². The van der Waals surface area contributed by atoms with Gasteiger partial charge in [-0.25, -0.2) is 4.79 Å². The van der Waals surface area contributed by atoms with Gasteiger partial charge in [-0.1, -0.05) is 24.2 Å². The lowest BCUT2D eigenvalue weighted by atomic mass is 10.0. The van der Waals surface area contributed by atoms with E-state index < -0.39 is 0 Å². The van der Waals surface area contributed by atoms with Crippen LogP contribution in [0.2, 0.25) is 0 Å². The second-order valence-electron chi connectivity index (χ2n) is 6.82. The summed E-state index contributed by atoms with van der Waals surface area (Å²) in [5, 5.41) is 4.00. The summed E-state index contributed by atoms with van der Waals surface area (Å²) in [4.78, 5) is 30.7. The van der Waals surface area contributed by atoms with Crippen molar-refractivity contribution in [3.8, 4) is 17.1 Å². The maximum Gasteiger partial charge on any atom is 0.331 e. The van der Waals surface area contributed by atoms with Gasteiger partial charge in [0.15, 0.2) is 0 Å². The molecule has 3 aromatic rings. The number of fused-ring (bicyclic) bond motifs is 1. The van der Waals surface area contributed by atoms with E-state index in [0.29, 0.717) is 42.3 Å². The van der Waals surface area contributed by atoms with Gasteiger partial charge in [0, 0.05) is 18.7 Å². The van der Waals surface area contributed by atoms with E-state index in [-0.39, 0.29) is 23.6 Å². The van der Waals surface area contributed by atoms with E-state index >= 15 is 0 Å². The van der Waals surface area contributed by atoms with Crippen molar-refractivity contribution < 1.29 is 9.26 Å². The number of aryl methyl sites for hydroxylation is 1. The van der Waals surface area contributed by atoms with Crippen LogP contribution in [0.15, 0.2) is 38.4 Å². The first-order chi connectivity index (χ1) is 13.6. The molecule has 0 spiro atoms. The highest BCUT2D eigenvalue weighted by molar-refractivity contribution is 5.57. The van der Waals surface area contributed by atoms with Gasteiger partial charge < -0.3 is 9.26 Å². The second kappa shape index (κ2) is 7.46. The summed E-state index contributed by atoms with van der Waals surface area (Å²) in [6.45, 7) is 2.64. The largest absolute Gasteiger partial charge is 0.497 e. The highest BCUT2D eigenvalue weighted by atomic mass is 16.5. The van der Waals surface area contributed by atoms with Gasteiger partial charge in [-0.3, -0.25) is 13.9 Å². The standard InChI is InChI=1S/C20H22N4O4/c1-3-16-21-18(22-28-16)17-15-9-4-5-10-23(15)20(26)24(19(17)25)12-13-7-6-8-14(11-13)27-2/h6-8,11H,3-5,9-10,12H2,1-2H3. The number of nitrogens with zero attached hydrogens (tertiary/aromatic N) is 4. The number of rotatable bonds is 5. The Bertz CT molecular complexity index is 1130. The molecular weight excluding hydrogens is 360 g/mol. The zero-order valence-corrected chi connectivity index (χ0v) is 16.0. The number of methoxy groups -OCH3 is 1. The molecule has 146 valence electrons. The van der Waals surface area contributed by atoms with Gasteiger partial charge in [0.25, 0.3) is 5.56 Å². The lowest BCUT2D eigenvalue weighted by Crippen LogP contribution is -2.44. The van der Waals surface area contributed by atoms with Crippen LogP contribution in [0, 0.1) is 0 Å². The van der Waals surface area contributed by atoms with Crippen LogP contribution in [0.5, 0.6) is 5.75 Å². The van der Waals surface area contributed by atoms with E-state index in [0.717, 1.165) is 18.4 Å². The monoisotopic (exact) mass is 382 g/mol. The highest BCUT2D eigenvalue weighted by Crippen LogP contribution is 2.22. The van der Waals surface area contributed by atoms with Crippen LogP contribution in [0.1, 0.15) is 36.9 Å². The topological polar surface area (TPSA) is 92.2 Å². The molecule has 0 fully saturated rings. The van der Waals surface area contributed by atoms with Crippen molar-refractivity contribution >= 4 is 0 Å². The van der Waals surface area contributed by atoms with Crippen molar-refractivity contribution in [2.75, 3.05) is 7.11 Å². The summed E-state index contributed by atoms with van der Waals surface area (Å²) in [7, 11) is 1.58. The predicted octanol–water partition coefficient (Wildman–Crippen LogP) is 2.02. The van der Waals surface area contributed by atoms with Gasteiger partial charge in [-0.05, 0) is 37.0 Å². The molecule has 0 aliphatic carbocycles. The zero-order valence-electron chi connectivity index (χ0n) is 16.0. The summed E-state index contributed by atoms with van der Waals surface area (Å²) in [5.74, 6) is 1.40. The summed E-state index contributed by atoms with van der Waals surface area (Å²) >= 11 is 0. The molecule has 0 unspecified atom stereocenters. The minimum Gasteiger partial charge on any atom is -0.497 e. The average Bonchev–Trinajstić information content (AvgIpc) is 3.20. The molecule has 28 heavy (non-hydrogen) atoms. The number of ether oxygens (including phenoxy) is 1. The van der Waals surface area contributed by atoms with Gasteiger partial charge in [-0.2, -0.15) is 4.98 Å². The quantitative estimate of drug-likeness (QED) is 0.670. The first-order valence-electron chi connectivity index (χ1n) is 9.44. The maximum atomic E-state index is 13.3. The van der Waals surface area contributed by atoms with Gasteiger partial charge in [0.1, 0.15) is 11.3 Å². The molecule has 0 saturated carbocycles. The third-order valence-corrected chi connectivity index (χ3v) is 5.05. The molecule has 2 aromatic heterocycles. The average molecular weight is 382 g/mol. The zero-order chi connectivity index (χ0) is 19.7. The maximum absolute atomic E-state index is 13.3. The molecule has 0 amide bonds. The van der Waals surface area contributed by atoms with E-state index in [1.807, 2.05) is 31.2 Å². The van der Waals surface area contributed by atoms with Gasteiger partial charge in [0.2, 0.25) is 11.7 Å². The lowest BCUT2D eigenvalue weighted by molar-refractivity contribution is 0.382. The van der Waals surface area contributed by atoms with E-state index in [9.17, 15) is 9.59 Å². The van der Waals surface area contributed by atoms with Crippen molar-refractivity contribution in [1.29, 1.82) is 0 Å². The van der Waals surface area contributed by atoms with E-state index in [4.69, 9.17) is 9.26 Å². The molecule has 4 rings (SSSR count). The Labute approximate surface area is 161 Å². The fourth-order valence-electron chi connectivity index (χ4n) is 3.61.